The highest BCUT2D eigenvalue weighted by Gasteiger charge is 2.53. The van der Waals surface area contributed by atoms with Crippen molar-refractivity contribution in [2.45, 2.75) is 25.7 Å². The molecule has 3 heteroatoms. The van der Waals surface area contributed by atoms with E-state index in [1.165, 1.54) is 12.5 Å². The van der Waals surface area contributed by atoms with Gasteiger partial charge in [0.05, 0.1) is 0 Å². The van der Waals surface area contributed by atoms with Gasteiger partial charge in [-0.2, -0.15) is 0 Å². The van der Waals surface area contributed by atoms with Crippen LogP contribution in [-0.2, 0) is 6.42 Å². The molecule has 0 aromatic heterocycles. The second kappa shape index (κ2) is 3.94. The average Bonchev–Trinajstić information content (AvgIpc) is 2.94. The van der Waals surface area contributed by atoms with Crippen molar-refractivity contribution in [1.82, 2.24) is 0 Å². The van der Waals surface area contributed by atoms with Crippen molar-refractivity contribution >= 4 is 11.6 Å². The van der Waals surface area contributed by atoms with E-state index in [9.17, 15) is 8.78 Å². The van der Waals surface area contributed by atoms with Crippen LogP contribution in [-0.4, -0.2) is 5.88 Å². The van der Waals surface area contributed by atoms with Gasteiger partial charge in [-0.05, 0) is 54.6 Å². The lowest BCUT2D eigenvalue weighted by atomic mass is 9.79. The minimum absolute atomic E-state index is 0.00374. The average molecular weight is 257 g/mol. The molecule has 2 aliphatic rings. The van der Waals surface area contributed by atoms with Crippen LogP contribution in [0.5, 0.6) is 0 Å². The third-order valence-electron chi connectivity index (χ3n) is 4.34. The largest absolute Gasteiger partial charge is 0.204 e. The summed E-state index contributed by atoms with van der Waals surface area (Å²) in [6, 6.07) is 4.42. The molecule has 1 aromatic carbocycles. The number of halogens is 3. The molecule has 0 saturated heterocycles. The van der Waals surface area contributed by atoms with Crippen LogP contribution in [0.2, 0.25) is 0 Å². The second-order valence-corrected chi connectivity index (χ2v) is 5.95. The molecule has 0 bridgehead atoms. The minimum atomic E-state index is -0.754. The van der Waals surface area contributed by atoms with Crippen LogP contribution in [0.15, 0.2) is 18.2 Å². The van der Waals surface area contributed by atoms with Crippen LogP contribution in [0.3, 0.4) is 0 Å². The predicted octanol–water partition coefficient (Wildman–Crippen LogP) is 4.16. The molecule has 1 aromatic rings. The zero-order valence-electron chi connectivity index (χ0n) is 9.56. The maximum atomic E-state index is 13.7. The maximum Gasteiger partial charge on any atom is 0.162 e. The van der Waals surface area contributed by atoms with Crippen LogP contribution in [0.4, 0.5) is 8.78 Å². The minimum Gasteiger partial charge on any atom is -0.204 e. The number of hydrogen-bond donors (Lipinski definition) is 0. The summed E-state index contributed by atoms with van der Waals surface area (Å²) in [7, 11) is 0. The Hall–Kier alpha value is -0.630. The fourth-order valence-electron chi connectivity index (χ4n) is 3.40. The highest BCUT2D eigenvalue weighted by Crippen LogP contribution is 2.61. The van der Waals surface area contributed by atoms with E-state index >= 15 is 0 Å². The Labute approximate surface area is 105 Å². The van der Waals surface area contributed by atoms with Gasteiger partial charge in [-0.15, -0.1) is 11.6 Å². The first-order valence-corrected chi connectivity index (χ1v) is 6.66. The number of rotatable bonds is 3. The van der Waals surface area contributed by atoms with Crippen molar-refractivity contribution in [3.8, 4) is 0 Å². The van der Waals surface area contributed by atoms with Gasteiger partial charge >= 0.3 is 0 Å². The van der Waals surface area contributed by atoms with Crippen LogP contribution in [0.25, 0.3) is 0 Å². The van der Waals surface area contributed by atoms with Crippen LogP contribution in [0.1, 0.15) is 24.8 Å². The lowest BCUT2D eigenvalue weighted by Gasteiger charge is -2.28. The molecule has 2 atom stereocenters. The first-order valence-electron chi connectivity index (χ1n) is 6.12. The molecule has 0 spiro atoms. The first-order chi connectivity index (χ1) is 8.13. The lowest BCUT2D eigenvalue weighted by molar-refractivity contribution is 0.297. The Morgan fingerprint density at radius 1 is 1.24 bits per heavy atom. The number of fused-ring (bicyclic) bond motifs is 1. The van der Waals surface area contributed by atoms with Gasteiger partial charge in [0.15, 0.2) is 11.6 Å². The summed E-state index contributed by atoms with van der Waals surface area (Å²) in [4.78, 5) is 0. The molecule has 2 saturated carbocycles. The van der Waals surface area contributed by atoms with Crippen LogP contribution < -0.4 is 0 Å². The van der Waals surface area contributed by atoms with Crippen LogP contribution in [0, 0.1) is 28.9 Å². The zero-order chi connectivity index (χ0) is 12.0. The second-order valence-electron chi connectivity index (χ2n) is 5.69. The normalized spacial score (nSPS) is 34.8. The molecule has 0 nitrogen and oxygen atoms in total. The molecule has 2 fully saturated rings. The molecule has 3 rings (SSSR count). The smallest absolute Gasteiger partial charge is 0.162 e. The highest BCUT2D eigenvalue weighted by atomic mass is 35.5. The van der Waals surface area contributed by atoms with Crippen molar-refractivity contribution in [2.75, 3.05) is 5.88 Å². The van der Waals surface area contributed by atoms with Gasteiger partial charge in [-0.3, -0.25) is 0 Å². The molecular formula is C14H15ClF2. The van der Waals surface area contributed by atoms with E-state index in [1.807, 2.05) is 0 Å². The third-order valence-corrected chi connectivity index (χ3v) is 4.91. The summed E-state index contributed by atoms with van der Waals surface area (Å²) in [5, 5.41) is 0. The van der Waals surface area contributed by atoms with E-state index < -0.39 is 11.6 Å². The topological polar surface area (TPSA) is 0 Å². The third kappa shape index (κ3) is 1.97. The van der Waals surface area contributed by atoms with Gasteiger partial charge in [0.25, 0.3) is 0 Å². The number of benzene rings is 1. The van der Waals surface area contributed by atoms with Gasteiger partial charge in [0.1, 0.15) is 0 Å². The summed E-state index contributed by atoms with van der Waals surface area (Å²) in [6.07, 6.45) is 4.05. The first kappa shape index (κ1) is 11.5. The van der Waals surface area contributed by atoms with E-state index in [0.717, 1.165) is 24.7 Å². The monoisotopic (exact) mass is 256 g/mol. The van der Waals surface area contributed by atoms with E-state index in [0.29, 0.717) is 17.9 Å². The summed E-state index contributed by atoms with van der Waals surface area (Å²) < 4.78 is 26.8. The van der Waals surface area contributed by atoms with Crippen molar-refractivity contribution in [1.29, 1.82) is 0 Å². The van der Waals surface area contributed by atoms with Gasteiger partial charge in [0, 0.05) is 5.88 Å². The van der Waals surface area contributed by atoms with E-state index in [4.69, 9.17) is 11.6 Å². The molecule has 17 heavy (non-hydrogen) atoms. The number of alkyl halides is 1. The molecule has 2 aliphatic carbocycles. The van der Waals surface area contributed by atoms with Crippen molar-refractivity contribution in [3.05, 3.63) is 35.4 Å². The van der Waals surface area contributed by atoms with E-state index in [-0.39, 0.29) is 5.41 Å². The summed E-state index contributed by atoms with van der Waals surface area (Å²) in [6.45, 7) is 0. The molecule has 0 radical (unpaired) electrons. The highest BCUT2D eigenvalue weighted by molar-refractivity contribution is 6.18. The van der Waals surface area contributed by atoms with Gasteiger partial charge < -0.3 is 0 Å². The van der Waals surface area contributed by atoms with Gasteiger partial charge in [0.2, 0.25) is 0 Å². The molecule has 92 valence electrons. The maximum absolute atomic E-state index is 13.7. The Morgan fingerprint density at radius 2 is 1.94 bits per heavy atom. The summed E-state index contributed by atoms with van der Waals surface area (Å²) in [5.41, 5.74) is 0.482. The van der Waals surface area contributed by atoms with Crippen molar-refractivity contribution in [2.24, 2.45) is 17.3 Å². The quantitative estimate of drug-likeness (QED) is 0.713. The standard InChI is InChI=1S/C14H15ClF2/c15-8-14(6-10-4-11(10)7-14)5-9-2-1-3-12(16)13(9)17/h1-3,10-11H,4-8H2. The van der Waals surface area contributed by atoms with Gasteiger partial charge in [-0.1, -0.05) is 12.1 Å². The van der Waals surface area contributed by atoms with Gasteiger partial charge in [-0.25, -0.2) is 8.78 Å². The van der Waals surface area contributed by atoms with E-state index in [2.05, 4.69) is 0 Å². The molecule has 0 heterocycles. The molecule has 0 N–H and O–H groups in total. The van der Waals surface area contributed by atoms with E-state index in [1.54, 1.807) is 12.1 Å². The van der Waals surface area contributed by atoms with Crippen LogP contribution >= 0.6 is 11.6 Å². The predicted molar refractivity (Wildman–Crippen MR) is 64.0 cm³/mol. The zero-order valence-corrected chi connectivity index (χ0v) is 10.3. The fraction of sp³-hybridized carbons (Fsp3) is 0.571. The Balaban J connectivity index is 1.83. The lowest BCUT2D eigenvalue weighted by Crippen LogP contribution is -2.24. The number of hydrogen-bond acceptors (Lipinski definition) is 0. The molecule has 0 aliphatic heterocycles. The molecule has 0 amide bonds. The summed E-state index contributed by atoms with van der Waals surface area (Å²) >= 11 is 6.08. The molecule has 2 unspecified atom stereocenters. The Bertz CT molecular complexity index is 434. The fourth-order valence-corrected chi connectivity index (χ4v) is 3.71. The molecular weight excluding hydrogens is 242 g/mol. The summed E-state index contributed by atoms with van der Waals surface area (Å²) in [5.74, 6) is 0.694. The Kier molecular flexibility index (Phi) is 2.66. The van der Waals surface area contributed by atoms with Crippen molar-refractivity contribution in [3.63, 3.8) is 0 Å². The SMILES string of the molecule is Fc1cccc(CC2(CCl)CC3CC3C2)c1F. The van der Waals surface area contributed by atoms with Crippen molar-refractivity contribution < 1.29 is 8.78 Å². The Morgan fingerprint density at radius 3 is 2.59 bits per heavy atom.